The molecule has 1 rings (SSSR count). The lowest BCUT2D eigenvalue weighted by Gasteiger charge is -2.05. The SMILES string of the molecule is NC(COc1ccccc1Cl)=NO. The smallest absolute Gasteiger partial charge is 0.177 e. The van der Waals surface area contributed by atoms with Crippen LogP contribution in [0.4, 0.5) is 0 Å². The van der Waals surface area contributed by atoms with Crippen LogP contribution in [0.1, 0.15) is 0 Å². The summed E-state index contributed by atoms with van der Waals surface area (Å²) in [5.74, 6) is 0.510. The number of rotatable bonds is 3. The monoisotopic (exact) mass is 200 g/mol. The molecule has 1 aromatic carbocycles. The van der Waals surface area contributed by atoms with Gasteiger partial charge >= 0.3 is 0 Å². The molecular weight excluding hydrogens is 192 g/mol. The van der Waals surface area contributed by atoms with Crippen molar-refractivity contribution in [2.24, 2.45) is 10.9 Å². The molecule has 4 nitrogen and oxygen atoms in total. The van der Waals surface area contributed by atoms with E-state index >= 15 is 0 Å². The Labute approximate surface area is 80.6 Å². The Kier molecular flexibility index (Phi) is 3.40. The van der Waals surface area contributed by atoms with Gasteiger partial charge in [0.25, 0.3) is 0 Å². The first kappa shape index (κ1) is 9.67. The Morgan fingerprint density at radius 2 is 2.23 bits per heavy atom. The molecular formula is C8H9ClN2O2. The molecule has 0 saturated heterocycles. The summed E-state index contributed by atoms with van der Waals surface area (Å²) in [7, 11) is 0. The largest absolute Gasteiger partial charge is 0.484 e. The number of hydrogen-bond donors (Lipinski definition) is 2. The number of nitrogens with two attached hydrogens (primary N) is 1. The topological polar surface area (TPSA) is 67.8 Å². The summed E-state index contributed by atoms with van der Waals surface area (Å²) in [5.41, 5.74) is 5.20. The van der Waals surface area contributed by atoms with Gasteiger partial charge in [0.2, 0.25) is 0 Å². The molecule has 0 fully saturated rings. The zero-order valence-electron chi connectivity index (χ0n) is 6.77. The highest BCUT2D eigenvalue weighted by Gasteiger charge is 2.00. The molecule has 0 heterocycles. The molecule has 1 aromatic rings. The third-order valence-electron chi connectivity index (χ3n) is 1.34. The number of hydrogen-bond acceptors (Lipinski definition) is 3. The number of halogens is 1. The second-order valence-electron chi connectivity index (χ2n) is 2.31. The molecule has 0 aromatic heterocycles. The number of para-hydroxylation sites is 1. The van der Waals surface area contributed by atoms with Gasteiger partial charge in [-0.25, -0.2) is 0 Å². The summed E-state index contributed by atoms with van der Waals surface area (Å²) in [6.45, 7) is 0.0141. The van der Waals surface area contributed by atoms with Crippen LogP contribution in [-0.2, 0) is 0 Å². The summed E-state index contributed by atoms with van der Waals surface area (Å²) >= 11 is 5.78. The molecule has 0 saturated carbocycles. The fourth-order valence-corrected chi connectivity index (χ4v) is 0.933. The molecule has 0 bridgehead atoms. The van der Waals surface area contributed by atoms with Gasteiger partial charge in [-0.1, -0.05) is 28.9 Å². The Hall–Kier alpha value is -1.42. The highest BCUT2D eigenvalue weighted by molar-refractivity contribution is 6.32. The zero-order chi connectivity index (χ0) is 9.68. The summed E-state index contributed by atoms with van der Waals surface area (Å²) < 4.78 is 5.14. The molecule has 70 valence electrons. The summed E-state index contributed by atoms with van der Waals surface area (Å²) in [4.78, 5) is 0. The Bertz CT molecular complexity index is 315. The fraction of sp³-hybridized carbons (Fsp3) is 0.125. The Morgan fingerprint density at radius 3 is 2.85 bits per heavy atom. The first-order chi connectivity index (χ1) is 6.24. The van der Waals surface area contributed by atoms with Crippen LogP contribution in [-0.4, -0.2) is 17.6 Å². The predicted molar refractivity (Wildman–Crippen MR) is 50.4 cm³/mol. The van der Waals surface area contributed by atoms with Gasteiger partial charge in [-0.05, 0) is 12.1 Å². The van der Waals surface area contributed by atoms with Crippen LogP contribution >= 0.6 is 11.6 Å². The molecule has 0 spiro atoms. The van der Waals surface area contributed by atoms with E-state index < -0.39 is 0 Å². The van der Waals surface area contributed by atoms with Gasteiger partial charge in [-0.15, -0.1) is 0 Å². The summed E-state index contributed by atoms with van der Waals surface area (Å²) in [6, 6.07) is 6.97. The fourth-order valence-electron chi connectivity index (χ4n) is 0.742. The van der Waals surface area contributed by atoms with Crippen molar-refractivity contribution >= 4 is 17.4 Å². The zero-order valence-corrected chi connectivity index (χ0v) is 7.53. The standard InChI is InChI=1S/C8H9ClN2O2/c9-6-3-1-2-4-7(6)13-5-8(10)11-12/h1-4,12H,5H2,(H2,10,11). The number of amidine groups is 1. The molecule has 3 N–H and O–H groups in total. The van der Waals surface area contributed by atoms with Gasteiger partial charge < -0.3 is 15.7 Å². The van der Waals surface area contributed by atoms with E-state index in [2.05, 4.69) is 5.16 Å². The maximum absolute atomic E-state index is 8.23. The van der Waals surface area contributed by atoms with Crippen LogP contribution in [0.2, 0.25) is 5.02 Å². The van der Waals surface area contributed by atoms with E-state index in [9.17, 15) is 0 Å². The van der Waals surface area contributed by atoms with Crippen LogP contribution in [0.15, 0.2) is 29.4 Å². The first-order valence-corrected chi connectivity index (χ1v) is 3.95. The van der Waals surface area contributed by atoms with E-state index in [1.54, 1.807) is 24.3 Å². The van der Waals surface area contributed by atoms with Crippen LogP contribution < -0.4 is 10.5 Å². The molecule has 5 heteroatoms. The number of nitrogens with zero attached hydrogens (tertiary/aromatic N) is 1. The van der Waals surface area contributed by atoms with Gasteiger partial charge in [0, 0.05) is 0 Å². The van der Waals surface area contributed by atoms with E-state index in [0.29, 0.717) is 10.8 Å². The van der Waals surface area contributed by atoms with Gasteiger partial charge in [0.05, 0.1) is 5.02 Å². The second kappa shape index (κ2) is 4.57. The van der Waals surface area contributed by atoms with E-state index in [-0.39, 0.29) is 12.4 Å². The van der Waals surface area contributed by atoms with Crippen molar-refractivity contribution in [1.29, 1.82) is 0 Å². The van der Waals surface area contributed by atoms with Crippen molar-refractivity contribution in [3.63, 3.8) is 0 Å². The van der Waals surface area contributed by atoms with Crippen molar-refractivity contribution in [3.05, 3.63) is 29.3 Å². The van der Waals surface area contributed by atoms with Crippen molar-refractivity contribution < 1.29 is 9.94 Å². The van der Waals surface area contributed by atoms with E-state index in [0.717, 1.165) is 0 Å². The van der Waals surface area contributed by atoms with Crippen molar-refractivity contribution in [3.8, 4) is 5.75 Å². The summed E-state index contributed by atoms with van der Waals surface area (Å²) in [6.07, 6.45) is 0. The average Bonchev–Trinajstić information content (AvgIpc) is 2.16. The lowest BCUT2D eigenvalue weighted by atomic mass is 10.3. The van der Waals surface area contributed by atoms with E-state index in [4.69, 9.17) is 27.3 Å². The average molecular weight is 201 g/mol. The molecule has 0 amide bonds. The lowest BCUT2D eigenvalue weighted by Crippen LogP contribution is -2.20. The molecule has 0 atom stereocenters. The van der Waals surface area contributed by atoms with Crippen molar-refractivity contribution in [1.82, 2.24) is 0 Å². The van der Waals surface area contributed by atoms with Crippen molar-refractivity contribution in [2.45, 2.75) is 0 Å². The molecule has 0 aliphatic rings. The third-order valence-corrected chi connectivity index (χ3v) is 1.65. The minimum Gasteiger partial charge on any atom is -0.484 e. The van der Waals surface area contributed by atoms with Crippen LogP contribution in [0.3, 0.4) is 0 Å². The normalized spacial score (nSPS) is 11.3. The third kappa shape index (κ3) is 2.83. The second-order valence-corrected chi connectivity index (χ2v) is 2.72. The van der Waals surface area contributed by atoms with Crippen molar-refractivity contribution in [2.75, 3.05) is 6.61 Å². The maximum atomic E-state index is 8.23. The minimum atomic E-state index is -0.0000743. The van der Waals surface area contributed by atoms with Gasteiger partial charge in [0.1, 0.15) is 12.4 Å². The van der Waals surface area contributed by atoms with Crippen LogP contribution in [0.25, 0.3) is 0 Å². The maximum Gasteiger partial charge on any atom is 0.177 e. The quantitative estimate of drug-likeness (QED) is 0.336. The lowest BCUT2D eigenvalue weighted by molar-refractivity contribution is 0.306. The predicted octanol–water partition coefficient (Wildman–Crippen LogP) is 1.47. The molecule has 13 heavy (non-hydrogen) atoms. The number of ether oxygens (including phenoxy) is 1. The molecule has 0 unspecified atom stereocenters. The molecule has 0 aliphatic carbocycles. The van der Waals surface area contributed by atoms with Gasteiger partial charge in [0.15, 0.2) is 5.84 Å². The van der Waals surface area contributed by atoms with Crippen LogP contribution in [0.5, 0.6) is 5.75 Å². The molecule has 0 radical (unpaired) electrons. The van der Waals surface area contributed by atoms with Gasteiger partial charge in [-0.2, -0.15) is 0 Å². The van der Waals surface area contributed by atoms with E-state index in [1.165, 1.54) is 0 Å². The van der Waals surface area contributed by atoms with Crippen LogP contribution in [0, 0.1) is 0 Å². The van der Waals surface area contributed by atoms with E-state index in [1.807, 2.05) is 0 Å². The number of benzene rings is 1. The molecule has 0 aliphatic heterocycles. The highest BCUT2D eigenvalue weighted by Crippen LogP contribution is 2.22. The van der Waals surface area contributed by atoms with Gasteiger partial charge in [-0.3, -0.25) is 0 Å². The highest BCUT2D eigenvalue weighted by atomic mass is 35.5. The minimum absolute atomic E-state index is 0.0000743. The first-order valence-electron chi connectivity index (χ1n) is 3.57. The summed E-state index contributed by atoms with van der Waals surface area (Å²) in [5, 5.41) is 11.5. The Balaban J connectivity index is 2.60. The Morgan fingerprint density at radius 1 is 1.54 bits per heavy atom. The number of oxime groups is 1.